The van der Waals surface area contributed by atoms with Crippen molar-refractivity contribution in [2.24, 2.45) is 0 Å². The van der Waals surface area contributed by atoms with Crippen LogP contribution in [-0.4, -0.2) is 59.0 Å². The molecule has 0 unspecified atom stereocenters. The van der Waals surface area contributed by atoms with Crippen molar-refractivity contribution < 1.29 is 20.1 Å². The Morgan fingerprint density at radius 1 is 0.425 bits per heavy atom. The Bertz CT molecular complexity index is 455. The maximum Gasteiger partial charge on any atom is 0.303 e. The molecule has 40 heavy (non-hydrogen) atoms. The van der Waals surface area contributed by atoms with Gasteiger partial charge in [-0.05, 0) is 19.4 Å². The number of aliphatic hydroxyl groups is 2. The van der Waals surface area contributed by atoms with E-state index in [1.807, 2.05) is 0 Å². The highest BCUT2D eigenvalue weighted by molar-refractivity contribution is 5.66. The molecule has 0 fully saturated rings. The number of hydrogen-bond acceptors (Lipinski definition) is 4. The summed E-state index contributed by atoms with van der Waals surface area (Å²) < 4.78 is 0. The number of carboxylic acids is 1. The van der Waals surface area contributed by atoms with Gasteiger partial charge in [-0.15, -0.1) is 0 Å². The Balaban J connectivity index is 0. The molecule has 0 aliphatic rings. The monoisotopic (exact) mass is 572 g/mol. The van der Waals surface area contributed by atoms with Crippen LogP contribution in [0.5, 0.6) is 0 Å². The summed E-state index contributed by atoms with van der Waals surface area (Å²) in [5, 5.41) is 26.4. The Morgan fingerprint density at radius 2 is 0.700 bits per heavy atom. The van der Waals surface area contributed by atoms with Gasteiger partial charge >= 0.3 is 5.97 Å². The minimum absolute atomic E-state index is 0.193. The molecule has 0 aliphatic carbocycles. The highest BCUT2D eigenvalue weighted by atomic mass is 16.4. The van der Waals surface area contributed by atoms with E-state index >= 15 is 0 Å². The number of nitrogens with zero attached hydrogens (tertiary/aromatic N) is 1. The molecule has 0 spiro atoms. The van der Waals surface area contributed by atoms with Crippen LogP contribution >= 0.6 is 0 Å². The Hall–Kier alpha value is -0.650. The quantitative estimate of drug-likeness (QED) is 0.0700. The van der Waals surface area contributed by atoms with Crippen LogP contribution < -0.4 is 0 Å². The standard InChI is InChI=1S/C21H45NO2.C14H28O2/c1-2-3-4-5-6-7-8-9-10-11-12-13-14-15-16-17-22(18-20-23)19-21-24;1-2-3-4-5-6-7-8-9-10-11-12-13-14(15)16/h23-24H,2-21H2,1H3;2-13H2,1H3,(H,15,16). The van der Waals surface area contributed by atoms with Crippen molar-refractivity contribution in [1.82, 2.24) is 4.90 Å². The normalized spacial score (nSPS) is 11.1. The van der Waals surface area contributed by atoms with Crippen molar-refractivity contribution in [1.29, 1.82) is 0 Å². The van der Waals surface area contributed by atoms with Crippen LogP contribution in [0.15, 0.2) is 0 Å². The Labute approximate surface area is 250 Å². The number of hydrogen-bond donors (Lipinski definition) is 3. The molecule has 242 valence electrons. The zero-order valence-corrected chi connectivity index (χ0v) is 27.3. The SMILES string of the molecule is CCCCCCCCCCCCCC(=O)O.CCCCCCCCCCCCCCCCCN(CCO)CCO. The number of carboxylic acid groups (broad SMARTS) is 1. The van der Waals surface area contributed by atoms with Gasteiger partial charge in [-0.1, -0.05) is 168 Å². The molecule has 0 aromatic heterocycles. The van der Waals surface area contributed by atoms with E-state index in [9.17, 15) is 4.79 Å². The van der Waals surface area contributed by atoms with E-state index in [4.69, 9.17) is 15.3 Å². The molecule has 0 heterocycles. The number of unbranched alkanes of at least 4 members (excludes halogenated alkanes) is 24. The number of aliphatic carboxylic acids is 1. The lowest BCUT2D eigenvalue weighted by Gasteiger charge is -2.19. The third kappa shape index (κ3) is 39.5. The molecular weight excluding hydrogens is 498 g/mol. The second kappa shape index (κ2) is 38.4. The van der Waals surface area contributed by atoms with Crippen LogP contribution in [0, 0.1) is 0 Å². The van der Waals surface area contributed by atoms with E-state index < -0.39 is 5.97 Å². The van der Waals surface area contributed by atoms with Gasteiger partial charge in [-0.3, -0.25) is 9.69 Å². The van der Waals surface area contributed by atoms with Gasteiger partial charge in [0.25, 0.3) is 0 Å². The molecule has 0 aromatic carbocycles. The maximum atomic E-state index is 10.3. The lowest BCUT2D eigenvalue weighted by molar-refractivity contribution is -0.137. The van der Waals surface area contributed by atoms with Gasteiger partial charge in [0.1, 0.15) is 0 Å². The van der Waals surface area contributed by atoms with Crippen LogP contribution in [0.25, 0.3) is 0 Å². The predicted molar refractivity (Wildman–Crippen MR) is 174 cm³/mol. The van der Waals surface area contributed by atoms with Gasteiger partial charge in [0.2, 0.25) is 0 Å². The molecular formula is C35H73NO4. The summed E-state index contributed by atoms with van der Waals surface area (Å²) in [7, 11) is 0. The lowest BCUT2D eigenvalue weighted by atomic mass is 10.0. The molecule has 5 nitrogen and oxygen atoms in total. The van der Waals surface area contributed by atoms with Crippen LogP contribution in [0.3, 0.4) is 0 Å². The Morgan fingerprint density at radius 3 is 0.975 bits per heavy atom. The van der Waals surface area contributed by atoms with E-state index in [2.05, 4.69) is 18.7 Å². The van der Waals surface area contributed by atoms with Crippen LogP contribution in [-0.2, 0) is 4.79 Å². The molecule has 0 aromatic rings. The second-order valence-corrected chi connectivity index (χ2v) is 11.9. The number of aliphatic hydroxyl groups excluding tert-OH is 2. The predicted octanol–water partition coefficient (Wildman–Crippen LogP) is 9.92. The summed E-state index contributed by atoms with van der Waals surface area (Å²) in [4.78, 5) is 12.4. The van der Waals surface area contributed by atoms with Gasteiger partial charge in [0.05, 0.1) is 13.2 Å². The molecule has 0 saturated carbocycles. The molecule has 3 N–H and O–H groups in total. The first kappa shape index (κ1) is 41.5. The summed E-state index contributed by atoms with van der Waals surface area (Å²) in [6, 6.07) is 0. The zero-order chi connectivity index (χ0) is 29.8. The van der Waals surface area contributed by atoms with Crippen molar-refractivity contribution >= 4 is 5.97 Å². The molecule has 0 bridgehead atoms. The van der Waals surface area contributed by atoms with E-state index in [0.29, 0.717) is 19.5 Å². The summed E-state index contributed by atoms with van der Waals surface area (Å²) >= 11 is 0. The van der Waals surface area contributed by atoms with E-state index in [1.165, 1.54) is 154 Å². The number of carbonyl (C=O) groups is 1. The zero-order valence-electron chi connectivity index (χ0n) is 27.3. The van der Waals surface area contributed by atoms with Gasteiger partial charge in [-0.2, -0.15) is 0 Å². The molecule has 0 amide bonds. The van der Waals surface area contributed by atoms with E-state index in [1.54, 1.807) is 0 Å². The van der Waals surface area contributed by atoms with Gasteiger partial charge < -0.3 is 15.3 Å². The Kier molecular flexibility index (Phi) is 39.8. The molecule has 0 radical (unpaired) electrons. The van der Waals surface area contributed by atoms with Gasteiger partial charge in [0.15, 0.2) is 0 Å². The summed E-state index contributed by atoms with van der Waals surface area (Å²) in [5.74, 6) is -0.657. The molecule has 0 atom stereocenters. The van der Waals surface area contributed by atoms with Gasteiger partial charge in [-0.25, -0.2) is 0 Å². The molecule has 5 heteroatoms. The average molecular weight is 572 g/mol. The van der Waals surface area contributed by atoms with Crippen molar-refractivity contribution in [3.8, 4) is 0 Å². The van der Waals surface area contributed by atoms with E-state index in [0.717, 1.165) is 19.4 Å². The fourth-order valence-corrected chi connectivity index (χ4v) is 5.27. The minimum Gasteiger partial charge on any atom is -0.481 e. The van der Waals surface area contributed by atoms with Crippen molar-refractivity contribution in [3.05, 3.63) is 0 Å². The van der Waals surface area contributed by atoms with Crippen LogP contribution in [0.4, 0.5) is 0 Å². The van der Waals surface area contributed by atoms with Gasteiger partial charge in [0, 0.05) is 19.5 Å². The van der Waals surface area contributed by atoms with Crippen molar-refractivity contribution in [2.75, 3.05) is 32.8 Å². The van der Waals surface area contributed by atoms with Crippen molar-refractivity contribution in [3.63, 3.8) is 0 Å². The first-order valence-electron chi connectivity index (χ1n) is 17.8. The summed E-state index contributed by atoms with van der Waals surface area (Å²) in [5.41, 5.74) is 0. The third-order valence-corrected chi connectivity index (χ3v) is 7.90. The molecule has 0 aliphatic heterocycles. The molecule has 0 rings (SSSR count). The molecule has 0 saturated heterocycles. The lowest BCUT2D eigenvalue weighted by Crippen LogP contribution is -2.30. The van der Waals surface area contributed by atoms with E-state index in [-0.39, 0.29) is 13.2 Å². The first-order chi connectivity index (χ1) is 19.6. The summed E-state index contributed by atoms with van der Waals surface area (Å²) in [6.45, 7) is 7.32. The smallest absolute Gasteiger partial charge is 0.303 e. The average Bonchev–Trinajstić information content (AvgIpc) is 2.94. The summed E-state index contributed by atoms with van der Waals surface area (Å²) in [6.07, 6.45) is 35.2. The first-order valence-corrected chi connectivity index (χ1v) is 17.8. The highest BCUT2D eigenvalue weighted by Gasteiger charge is 2.02. The minimum atomic E-state index is -0.657. The topological polar surface area (TPSA) is 81.0 Å². The van der Waals surface area contributed by atoms with Crippen LogP contribution in [0.1, 0.15) is 187 Å². The highest BCUT2D eigenvalue weighted by Crippen LogP contribution is 2.14. The fraction of sp³-hybridized carbons (Fsp3) is 0.971. The van der Waals surface area contributed by atoms with Crippen LogP contribution in [0.2, 0.25) is 0 Å². The second-order valence-electron chi connectivity index (χ2n) is 11.9. The number of rotatable bonds is 32. The van der Waals surface area contributed by atoms with Crippen molar-refractivity contribution in [2.45, 2.75) is 187 Å². The fourth-order valence-electron chi connectivity index (χ4n) is 5.27. The maximum absolute atomic E-state index is 10.3. The largest absolute Gasteiger partial charge is 0.481 e. The third-order valence-electron chi connectivity index (χ3n) is 7.90.